The topological polar surface area (TPSA) is 52.9 Å². The van der Waals surface area contributed by atoms with Gasteiger partial charge in [-0.1, -0.05) is 30.3 Å². The van der Waals surface area contributed by atoms with Gasteiger partial charge in [0.25, 0.3) is 0 Å². The first-order valence-corrected chi connectivity index (χ1v) is 9.46. The molecule has 4 heteroatoms. The molecule has 138 valence electrons. The van der Waals surface area contributed by atoms with E-state index in [1.54, 1.807) is 13.2 Å². The number of fused-ring (bicyclic) bond motifs is 1. The van der Waals surface area contributed by atoms with E-state index in [4.69, 9.17) is 4.74 Å². The van der Waals surface area contributed by atoms with E-state index in [0.717, 1.165) is 49.4 Å². The molecule has 0 aromatic heterocycles. The molecule has 0 bridgehead atoms. The zero-order chi connectivity index (χ0) is 18.1. The van der Waals surface area contributed by atoms with Gasteiger partial charge in [-0.05, 0) is 48.9 Å². The molecular weight excluding hydrogens is 326 g/mol. The van der Waals surface area contributed by atoms with Crippen LogP contribution < -0.4 is 4.74 Å². The summed E-state index contributed by atoms with van der Waals surface area (Å²) >= 11 is 0. The van der Waals surface area contributed by atoms with Gasteiger partial charge in [0.05, 0.1) is 12.7 Å². The van der Waals surface area contributed by atoms with E-state index in [9.17, 15) is 10.2 Å². The number of phenolic OH excluding ortho intramolecular Hbond substituents is 1. The van der Waals surface area contributed by atoms with Crippen molar-refractivity contribution in [3.8, 4) is 11.5 Å². The quantitative estimate of drug-likeness (QED) is 0.883. The van der Waals surface area contributed by atoms with Gasteiger partial charge in [0, 0.05) is 31.1 Å². The fourth-order valence-electron chi connectivity index (χ4n) is 4.99. The van der Waals surface area contributed by atoms with Crippen LogP contribution in [0.15, 0.2) is 48.5 Å². The Hall–Kier alpha value is -2.04. The fourth-order valence-corrected chi connectivity index (χ4v) is 4.99. The first kappa shape index (κ1) is 17.4. The molecule has 26 heavy (non-hydrogen) atoms. The van der Waals surface area contributed by atoms with E-state index < -0.39 is 5.60 Å². The maximum Gasteiger partial charge on any atom is 0.124 e. The molecule has 0 radical (unpaired) electrons. The summed E-state index contributed by atoms with van der Waals surface area (Å²) in [6.45, 7) is 2.68. The summed E-state index contributed by atoms with van der Waals surface area (Å²) in [6, 6.07) is 15.4. The van der Waals surface area contributed by atoms with Crippen LogP contribution in [0.4, 0.5) is 0 Å². The maximum atomic E-state index is 11.7. The van der Waals surface area contributed by atoms with E-state index in [1.807, 2.05) is 42.5 Å². The fraction of sp³-hybridized carbons (Fsp3) is 0.455. The number of aromatic hydroxyl groups is 1. The predicted octanol–water partition coefficient (Wildman–Crippen LogP) is 3.52. The second-order valence-electron chi connectivity index (χ2n) is 7.75. The number of hydrogen-bond donors (Lipinski definition) is 2. The van der Waals surface area contributed by atoms with Gasteiger partial charge in [0.2, 0.25) is 0 Å². The van der Waals surface area contributed by atoms with Crippen molar-refractivity contribution in [1.29, 1.82) is 0 Å². The van der Waals surface area contributed by atoms with Crippen LogP contribution >= 0.6 is 0 Å². The maximum absolute atomic E-state index is 11.7. The van der Waals surface area contributed by atoms with Crippen LogP contribution in [0.3, 0.4) is 0 Å². The number of phenols is 1. The Labute approximate surface area is 155 Å². The lowest BCUT2D eigenvalue weighted by Crippen LogP contribution is -2.43. The number of hydrogen-bond acceptors (Lipinski definition) is 4. The SMILES string of the molecule is COc1ccccc1C1(O)CCCC2CN(Cc3cccc(O)c3)CC21. The highest BCUT2D eigenvalue weighted by Gasteiger charge is 2.50. The Morgan fingerprint density at radius 2 is 2.00 bits per heavy atom. The molecule has 2 aliphatic rings. The summed E-state index contributed by atoms with van der Waals surface area (Å²) in [5.41, 5.74) is 1.21. The molecular formula is C22H27NO3. The number of rotatable bonds is 4. The van der Waals surface area contributed by atoms with Crippen LogP contribution in [-0.4, -0.2) is 35.3 Å². The lowest BCUT2D eigenvalue weighted by Gasteiger charge is -2.42. The highest BCUT2D eigenvalue weighted by molar-refractivity contribution is 5.39. The summed E-state index contributed by atoms with van der Waals surface area (Å²) < 4.78 is 5.55. The van der Waals surface area contributed by atoms with Crippen LogP contribution in [0.25, 0.3) is 0 Å². The number of ether oxygens (including phenoxy) is 1. The third kappa shape index (κ3) is 3.08. The third-order valence-corrected chi connectivity index (χ3v) is 6.15. The minimum atomic E-state index is -0.830. The van der Waals surface area contributed by atoms with Gasteiger partial charge in [-0.3, -0.25) is 4.90 Å². The average Bonchev–Trinajstić information content (AvgIpc) is 3.06. The summed E-state index contributed by atoms with van der Waals surface area (Å²) in [5.74, 6) is 1.80. The van der Waals surface area contributed by atoms with Crippen molar-refractivity contribution in [1.82, 2.24) is 4.90 Å². The normalized spacial score (nSPS) is 28.7. The van der Waals surface area contributed by atoms with Crippen molar-refractivity contribution in [2.75, 3.05) is 20.2 Å². The van der Waals surface area contributed by atoms with Crippen LogP contribution in [0.5, 0.6) is 11.5 Å². The highest BCUT2D eigenvalue weighted by Crippen LogP contribution is 2.50. The highest BCUT2D eigenvalue weighted by atomic mass is 16.5. The Kier molecular flexibility index (Phi) is 4.63. The molecule has 1 saturated carbocycles. The molecule has 0 spiro atoms. The molecule has 2 aromatic rings. The largest absolute Gasteiger partial charge is 0.508 e. The summed E-state index contributed by atoms with van der Waals surface area (Å²) in [7, 11) is 1.67. The number of para-hydroxylation sites is 1. The Balaban J connectivity index is 1.58. The summed E-state index contributed by atoms with van der Waals surface area (Å²) in [6.07, 6.45) is 2.99. The van der Waals surface area contributed by atoms with Crippen molar-refractivity contribution >= 4 is 0 Å². The lowest BCUT2D eigenvalue weighted by atomic mass is 9.67. The van der Waals surface area contributed by atoms with Gasteiger partial charge in [-0.25, -0.2) is 0 Å². The summed E-state index contributed by atoms with van der Waals surface area (Å²) in [4.78, 5) is 2.41. The van der Waals surface area contributed by atoms with Crippen molar-refractivity contribution in [2.45, 2.75) is 31.4 Å². The Morgan fingerprint density at radius 1 is 1.15 bits per heavy atom. The molecule has 2 N–H and O–H groups in total. The molecule has 4 rings (SSSR count). The number of aliphatic hydroxyl groups is 1. The third-order valence-electron chi connectivity index (χ3n) is 6.15. The van der Waals surface area contributed by atoms with Gasteiger partial charge in [-0.15, -0.1) is 0 Å². The number of likely N-dealkylation sites (tertiary alicyclic amines) is 1. The Morgan fingerprint density at radius 3 is 2.81 bits per heavy atom. The van der Waals surface area contributed by atoms with Crippen LogP contribution in [0.1, 0.15) is 30.4 Å². The molecule has 3 unspecified atom stereocenters. The van der Waals surface area contributed by atoms with E-state index in [2.05, 4.69) is 4.90 Å². The second-order valence-corrected chi connectivity index (χ2v) is 7.75. The molecule has 1 heterocycles. The van der Waals surface area contributed by atoms with Crippen molar-refractivity contribution in [3.63, 3.8) is 0 Å². The van der Waals surface area contributed by atoms with E-state index in [1.165, 1.54) is 6.42 Å². The smallest absolute Gasteiger partial charge is 0.124 e. The van der Waals surface area contributed by atoms with Crippen LogP contribution in [0.2, 0.25) is 0 Å². The van der Waals surface area contributed by atoms with Crippen molar-refractivity contribution < 1.29 is 14.9 Å². The van der Waals surface area contributed by atoms with E-state index in [-0.39, 0.29) is 5.92 Å². The first-order chi connectivity index (χ1) is 12.6. The molecule has 1 saturated heterocycles. The van der Waals surface area contributed by atoms with Crippen LogP contribution in [-0.2, 0) is 12.1 Å². The summed E-state index contributed by atoms with van der Waals surface area (Å²) in [5, 5.41) is 21.4. The van der Waals surface area contributed by atoms with Gasteiger partial charge >= 0.3 is 0 Å². The monoisotopic (exact) mass is 353 g/mol. The van der Waals surface area contributed by atoms with Gasteiger partial charge in [0.1, 0.15) is 11.5 Å². The van der Waals surface area contributed by atoms with E-state index in [0.29, 0.717) is 11.7 Å². The van der Waals surface area contributed by atoms with Gasteiger partial charge < -0.3 is 14.9 Å². The average molecular weight is 353 g/mol. The lowest BCUT2D eigenvalue weighted by molar-refractivity contribution is -0.0662. The zero-order valence-corrected chi connectivity index (χ0v) is 15.3. The number of methoxy groups -OCH3 is 1. The molecule has 1 aliphatic heterocycles. The Bertz CT molecular complexity index is 777. The molecule has 3 atom stereocenters. The first-order valence-electron chi connectivity index (χ1n) is 9.46. The molecule has 4 nitrogen and oxygen atoms in total. The van der Waals surface area contributed by atoms with E-state index >= 15 is 0 Å². The van der Waals surface area contributed by atoms with Crippen LogP contribution in [0, 0.1) is 11.8 Å². The van der Waals surface area contributed by atoms with Gasteiger partial charge in [-0.2, -0.15) is 0 Å². The number of nitrogens with zero attached hydrogens (tertiary/aromatic N) is 1. The predicted molar refractivity (Wildman–Crippen MR) is 101 cm³/mol. The molecule has 2 aromatic carbocycles. The zero-order valence-electron chi connectivity index (χ0n) is 15.3. The minimum Gasteiger partial charge on any atom is -0.508 e. The molecule has 1 aliphatic carbocycles. The standard InChI is InChI=1S/C22H27NO3/c1-26-21-10-3-2-9-19(21)22(25)11-5-7-17-14-23(15-20(17)22)13-16-6-4-8-18(24)12-16/h2-4,6,8-10,12,17,20,24-25H,5,7,11,13-15H2,1H3. The minimum absolute atomic E-state index is 0.213. The van der Waals surface area contributed by atoms with Crippen molar-refractivity contribution in [3.05, 3.63) is 59.7 Å². The molecule has 2 fully saturated rings. The van der Waals surface area contributed by atoms with Crippen molar-refractivity contribution in [2.24, 2.45) is 11.8 Å². The number of benzene rings is 2. The van der Waals surface area contributed by atoms with Gasteiger partial charge in [0.15, 0.2) is 0 Å². The second kappa shape index (κ2) is 6.93. The molecule has 0 amide bonds.